The Labute approximate surface area is 60.7 Å². The molecular weight excluding hydrogens is 182 g/mol. The Balaban J connectivity index is 3.20. The standard InChI is InChI=1S/C5H2BrN3/c1-7-5-4(6)8-2-3-9-5/h2-3H. The van der Waals surface area contributed by atoms with E-state index in [2.05, 4.69) is 30.7 Å². The van der Waals surface area contributed by atoms with Crippen molar-refractivity contribution in [1.82, 2.24) is 9.97 Å². The van der Waals surface area contributed by atoms with Gasteiger partial charge in [-0.3, -0.25) is 4.98 Å². The van der Waals surface area contributed by atoms with Crippen molar-refractivity contribution in [2.24, 2.45) is 0 Å². The first-order valence-electron chi connectivity index (χ1n) is 2.18. The summed E-state index contributed by atoms with van der Waals surface area (Å²) in [6, 6.07) is 0. The van der Waals surface area contributed by atoms with Crippen LogP contribution in [0.25, 0.3) is 4.85 Å². The highest BCUT2D eigenvalue weighted by Gasteiger charge is 1.97. The smallest absolute Gasteiger partial charge is 0.302 e. The molecule has 0 aliphatic carbocycles. The second-order valence-electron chi connectivity index (χ2n) is 1.28. The van der Waals surface area contributed by atoms with Crippen LogP contribution in [0.1, 0.15) is 0 Å². The third-order valence-electron chi connectivity index (χ3n) is 0.742. The maximum atomic E-state index is 6.58. The molecule has 0 N–H and O–H groups in total. The maximum Gasteiger partial charge on any atom is 0.302 e. The molecule has 3 nitrogen and oxygen atoms in total. The van der Waals surface area contributed by atoms with Crippen molar-refractivity contribution in [3.05, 3.63) is 28.4 Å². The van der Waals surface area contributed by atoms with E-state index in [1.807, 2.05) is 0 Å². The molecule has 0 aliphatic rings. The van der Waals surface area contributed by atoms with Crippen molar-refractivity contribution in [3.63, 3.8) is 0 Å². The summed E-state index contributed by atoms with van der Waals surface area (Å²) in [5, 5.41) is 0. The molecule has 0 saturated carbocycles. The molecule has 0 unspecified atom stereocenters. The van der Waals surface area contributed by atoms with Crippen LogP contribution in [-0.4, -0.2) is 9.97 Å². The first-order valence-corrected chi connectivity index (χ1v) is 2.98. The van der Waals surface area contributed by atoms with Gasteiger partial charge in [-0.1, -0.05) is 6.57 Å². The van der Waals surface area contributed by atoms with Crippen molar-refractivity contribution in [3.8, 4) is 0 Å². The largest absolute Gasteiger partial charge is 0.358 e. The second kappa shape index (κ2) is 2.55. The van der Waals surface area contributed by atoms with E-state index in [0.29, 0.717) is 10.4 Å². The number of halogens is 1. The summed E-state index contributed by atoms with van der Waals surface area (Å²) < 4.78 is 0.500. The van der Waals surface area contributed by atoms with Crippen LogP contribution >= 0.6 is 15.9 Å². The van der Waals surface area contributed by atoms with Gasteiger partial charge < -0.3 is 4.85 Å². The number of hydrogen-bond acceptors (Lipinski definition) is 2. The fourth-order valence-electron chi connectivity index (χ4n) is 0.389. The minimum Gasteiger partial charge on any atom is -0.358 e. The van der Waals surface area contributed by atoms with Gasteiger partial charge in [0.25, 0.3) is 0 Å². The third-order valence-corrected chi connectivity index (χ3v) is 1.30. The highest BCUT2D eigenvalue weighted by molar-refractivity contribution is 9.10. The molecule has 0 aliphatic heterocycles. The number of rotatable bonds is 0. The molecule has 4 heteroatoms. The number of nitrogens with zero attached hydrogens (tertiary/aromatic N) is 3. The Morgan fingerprint density at radius 1 is 1.44 bits per heavy atom. The fourth-order valence-corrected chi connectivity index (χ4v) is 0.698. The minimum absolute atomic E-state index is 0.303. The molecule has 0 atom stereocenters. The predicted molar refractivity (Wildman–Crippen MR) is 36.0 cm³/mol. The molecule has 1 heterocycles. The zero-order valence-electron chi connectivity index (χ0n) is 4.37. The quantitative estimate of drug-likeness (QED) is 0.575. The van der Waals surface area contributed by atoms with E-state index in [-0.39, 0.29) is 0 Å². The molecule has 44 valence electrons. The van der Waals surface area contributed by atoms with E-state index in [1.165, 1.54) is 12.4 Å². The summed E-state index contributed by atoms with van der Waals surface area (Å²) in [4.78, 5) is 10.6. The van der Waals surface area contributed by atoms with Crippen LogP contribution in [0.5, 0.6) is 0 Å². The van der Waals surface area contributed by atoms with Gasteiger partial charge in [0, 0.05) is 0 Å². The van der Waals surface area contributed by atoms with Crippen molar-refractivity contribution in [2.45, 2.75) is 0 Å². The lowest BCUT2D eigenvalue weighted by Crippen LogP contribution is -1.76. The molecule has 1 aromatic rings. The molecule has 0 fully saturated rings. The van der Waals surface area contributed by atoms with Gasteiger partial charge in [-0.25, -0.2) is 0 Å². The molecule has 9 heavy (non-hydrogen) atoms. The van der Waals surface area contributed by atoms with E-state index in [4.69, 9.17) is 6.57 Å². The van der Waals surface area contributed by atoms with Gasteiger partial charge in [0.15, 0.2) is 0 Å². The summed E-state index contributed by atoms with van der Waals surface area (Å²) in [6.07, 6.45) is 3.01. The molecule has 0 spiro atoms. The van der Waals surface area contributed by atoms with Crippen molar-refractivity contribution in [2.75, 3.05) is 0 Å². The maximum absolute atomic E-state index is 6.58. The molecule has 0 aromatic carbocycles. The van der Waals surface area contributed by atoms with E-state index in [0.717, 1.165) is 0 Å². The van der Waals surface area contributed by atoms with Crippen molar-refractivity contribution in [1.29, 1.82) is 0 Å². The lowest BCUT2D eigenvalue weighted by molar-refractivity contribution is 1.19. The summed E-state index contributed by atoms with van der Waals surface area (Å²) in [5.74, 6) is 0.303. The average molecular weight is 184 g/mol. The summed E-state index contributed by atoms with van der Waals surface area (Å²) >= 11 is 3.07. The molecule has 0 saturated heterocycles. The van der Waals surface area contributed by atoms with Gasteiger partial charge in [-0.15, -0.1) is 4.98 Å². The Kier molecular flexibility index (Phi) is 1.75. The van der Waals surface area contributed by atoms with Gasteiger partial charge in [0.2, 0.25) is 0 Å². The zero-order chi connectivity index (χ0) is 6.69. The van der Waals surface area contributed by atoms with Crippen molar-refractivity contribution >= 4 is 21.7 Å². The van der Waals surface area contributed by atoms with Crippen LogP contribution in [0, 0.1) is 6.57 Å². The highest BCUT2D eigenvalue weighted by Crippen LogP contribution is 2.17. The van der Waals surface area contributed by atoms with Gasteiger partial charge in [0.05, 0.1) is 6.20 Å². The van der Waals surface area contributed by atoms with Crippen LogP contribution < -0.4 is 0 Å². The van der Waals surface area contributed by atoms with Gasteiger partial charge >= 0.3 is 5.82 Å². The Bertz CT molecular complexity index is 253. The van der Waals surface area contributed by atoms with E-state index < -0.39 is 0 Å². The lowest BCUT2D eigenvalue weighted by atomic mass is 10.7. The molecular formula is C5H2BrN3. The molecule has 0 radical (unpaired) electrons. The van der Waals surface area contributed by atoms with E-state index in [1.54, 1.807) is 0 Å². The Morgan fingerprint density at radius 3 is 2.56 bits per heavy atom. The van der Waals surface area contributed by atoms with Crippen LogP contribution in [0.2, 0.25) is 0 Å². The lowest BCUT2D eigenvalue weighted by Gasteiger charge is -1.86. The van der Waals surface area contributed by atoms with Gasteiger partial charge in [-0.05, 0) is 15.9 Å². The van der Waals surface area contributed by atoms with E-state index >= 15 is 0 Å². The SMILES string of the molecule is [C-]#[N+]c1nccnc1Br. The second-order valence-corrected chi connectivity index (χ2v) is 2.03. The van der Waals surface area contributed by atoms with Crippen LogP contribution in [-0.2, 0) is 0 Å². The van der Waals surface area contributed by atoms with Gasteiger partial charge in [-0.2, -0.15) is 0 Å². The first kappa shape index (κ1) is 6.17. The molecule has 1 rings (SSSR count). The fraction of sp³-hybridized carbons (Fsp3) is 0. The summed E-state index contributed by atoms with van der Waals surface area (Å²) in [5.41, 5.74) is 0. The molecule has 0 bridgehead atoms. The number of aromatic nitrogens is 2. The minimum atomic E-state index is 0.303. The predicted octanol–water partition coefficient (Wildman–Crippen LogP) is 1.79. The summed E-state index contributed by atoms with van der Waals surface area (Å²) in [6.45, 7) is 6.58. The summed E-state index contributed by atoms with van der Waals surface area (Å²) in [7, 11) is 0. The molecule has 1 aromatic heterocycles. The third kappa shape index (κ3) is 1.24. The van der Waals surface area contributed by atoms with Crippen LogP contribution in [0.3, 0.4) is 0 Å². The van der Waals surface area contributed by atoms with Crippen LogP contribution in [0.4, 0.5) is 5.82 Å². The Hall–Kier alpha value is -0.950. The van der Waals surface area contributed by atoms with E-state index in [9.17, 15) is 0 Å². The highest BCUT2D eigenvalue weighted by atomic mass is 79.9. The topological polar surface area (TPSA) is 30.1 Å². The molecule has 0 amide bonds. The number of hydrogen-bond donors (Lipinski definition) is 0. The zero-order valence-corrected chi connectivity index (χ0v) is 5.96. The normalized spacial score (nSPS) is 8.44. The average Bonchev–Trinajstić information content (AvgIpc) is 1.89. The van der Waals surface area contributed by atoms with Gasteiger partial charge in [0.1, 0.15) is 10.8 Å². The Morgan fingerprint density at radius 2 is 2.11 bits per heavy atom. The van der Waals surface area contributed by atoms with Crippen LogP contribution in [0.15, 0.2) is 17.0 Å². The monoisotopic (exact) mass is 183 g/mol. The van der Waals surface area contributed by atoms with Crippen molar-refractivity contribution < 1.29 is 0 Å². The first-order chi connectivity index (χ1) is 4.34.